The third-order valence-corrected chi connectivity index (χ3v) is 4.42. The molecule has 1 amide bonds. The van der Waals surface area contributed by atoms with E-state index in [-0.39, 0.29) is 12.0 Å². The summed E-state index contributed by atoms with van der Waals surface area (Å²) >= 11 is 0. The van der Waals surface area contributed by atoms with E-state index in [0.29, 0.717) is 19.5 Å². The number of piperidine rings is 1. The van der Waals surface area contributed by atoms with E-state index in [4.69, 9.17) is 0 Å². The number of benzene rings is 2. The quantitative estimate of drug-likeness (QED) is 0.888. The molecule has 3 rings (SSSR count). The predicted octanol–water partition coefficient (Wildman–Crippen LogP) is 3.14. The lowest BCUT2D eigenvalue weighted by Crippen LogP contribution is -2.39. The summed E-state index contributed by atoms with van der Waals surface area (Å²) in [4.78, 5) is 14.5. The summed E-state index contributed by atoms with van der Waals surface area (Å²) in [5.41, 5.74) is 2.96. The molecule has 0 bridgehead atoms. The molecule has 0 radical (unpaired) electrons. The van der Waals surface area contributed by atoms with Gasteiger partial charge in [-0.3, -0.25) is 4.79 Å². The van der Waals surface area contributed by atoms with Gasteiger partial charge in [0, 0.05) is 30.8 Å². The highest BCUT2D eigenvalue weighted by Gasteiger charge is 2.18. The molecule has 0 aromatic heterocycles. The van der Waals surface area contributed by atoms with Crippen LogP contribution in [-0.2, 0) is 4.79 Å². The number of aliphatic hydroxyl groups is 1. The normalized spacial score (nSPS) is 18.3. The van der Waals surface area contributed by atoms with Gasteiger partial charge in [-0.2, -0.15) is 0 Å². The number of anilines is 1. The van der Waals surface area contributed by atoms with Gasteiger partial charge in [0.05, 0.1) is 6.10 Å². The van der Waals surface area contributed by atoms with Crippen molar-refractivity contribution in [3.63, 3.8) is 0 Å². The average molecular weight is 324 g/mol. The van der Waals surface area contributed by atoms with Crippen LogP contribution >= 0.6 is 0 Å². The number of hydrogen-bond donors (Lipinski definition) is 2. The van der Waals surface area contributed by atoms with Crippen LogP contribution in [0.5, 0.6) is 0 Å². The maximum Gasteiger partial charge on any atom is 0.225 e. The van der Waals surface area contributed by atoms with Crippen LogP contribution in [0.15, 0.2) is 54.6 Å². The highest BCUT2D eigenvalue weighted by Crippen LogP contribution is 2.27. The van der Waals surface area contributed by atoms with Crippen LogP contribution in [0.3, 0.4) is 0 Å². The SMILES string of the molecule is O=C(CCN1CCC[C@@H](O)C1)Nc1ccccc1-c1ccccc1. The van der Waals surface area contributed by atoms with Crippen molar-refractivity contribution in [1.29, 1.82) is 0 Å². The van der Waals surface area contributed by atoms with Crippen LogP contribution < -0.4 is 5.32 Å². The molecule has 0 unspecified atom stereocenters. The maximum absolute atomic E-state index is 12.3. The highest BCUT2D eigenvalue weighted by molar-refractivity contribution is 5.95. The topological polar surface area (TPSA) is 52.6 Å². The van der Waals surface area contributed by atoms with Crippen LogP contribution in [0.4, 0.5) is 5.69 Å². The van der Waals surface area contributed by atoms with E-state index in [1.807, 2.05) is 54.6 Å². The summed E-state index contributed by atoms with van der Waals surface area (Å²) in [6, 6.07) is 17.9. The molecule has 1 heterocycles. The van der Waals surface area contributed by atoms with Crippen molar-refractivity contribution in [3.05, 3.63) is 54.6 Å². The van der Waals surface area contributed by atoms with Gasteiger partial charge in [0.2, 0.25) is 5.91 Å². The van der Waals surface area contributed by atoms with Crippen LogP contribution in [-0.4, -0.2) is 41.7 Å². The van der Waals surface area contributed by atoms with Gasteiger partial charge >= 0.3 is 0 Å². The highest BCUT2D eigenvalue weighted by atomic mass is 16.3. The van der Waals surface area contributed by atoms with Gasteiger partial charge in [-0.25, -0.2) is 0 Å². The molecule has 1 aliphatic heterocycles. The Bertz CT molecular complexity index is 672. The molecule has 1 fully saturated rings. The molecule has 4 heteroatoms. The van der Waals surface area contributed by atoms with E-state index in [0.717, 1.165) is 36.2 Å². The van der Waals surface area contributed by atoms with Crippen LogP contribution in [0.1, 0.15) is 19.3 Å². The van der Waals surface area contributed by atoms with Crippen molar-refractivity contribution < 1.29 is 9.90 Å². The molecule has 0 aliphatic carbocycles. The van der Waals surface area contributed by atoms with E-state index < -0.39 is 0 Å². The second kappa shape index (κ2) is 8.08. The minimum absolute atomic E-state index is 0.0124. The Balaban J connectivity index is 1.61. The molecule has 1 atom stereocenters. The zero-order valence-corrected chi connectivity index (χ0v) is 13.8. The molecule has 2 aromatic rings. The first kappa shape index (κ1) is 16.7. The Kier molecular flexibility index (Phi) is 5.62. The minimum Gasteiger partial charge on any atom is -0.392 e. The Morgan fingerprint density at radius 3 is 2.67 bits per heavy atom. The van der Waals surface area contributed by atoms with E-state index in [1.165, 1.54) is 0 Å². The molecule has 0 saturated carbocycles. The number of rotatable bonds is 5. The molecule has 0 spiro atoms. The van der Waals surface area contributed by atoms with E-state index >= 15 is 0 Å². The summed E-state index contributed by atoms with van der Waals surface area (Å²) in [7, 11) is 0. The fourth-order valence-electron chi connectivity index (χ4n) is 3.17. The number of amides is 1. The lowest BCUT2D eigenvalue weighted by Gasteiger charge is -2.29. The summed E-state index contributed by atoms with van der Waals surface area (Å²) in [5.74, 6) is 0.0124. The average Bonchev–Trinajstić information content (AvgIpc) is 2.61. The number of nitrogens with one attached hydrogen (secondary N) is 1. The van der Waals surface area contributed by atoms with Gasteiger partial charge in [-0.05, 0) is 31.0 Å². The maximum atomic E-state index is 12.3. The second-order valence-corrected chi connectivity index (χ2v) is 6.31. The minimum atomic E-state index is -0.249. The van der Waals surface area contributed by atoms with Crippen molar-refractivity contribution in [2.24, 2.45) is 0 Å². The standard InChI is InChI=1S/C20H24N2O2/c23-17-9-6-13-22(15-17)14-12-20(24)21-19-11-5-4-10-18(19)16-7-2-1-3-8-16/h1-5,7-8,10-11,17,23H,6,9,12-15H2,(H,21,24)/t17-/m1/s1. The monoisotopic (exact) mass is 324 g/mol. The Morgan fingerprint density at radius 1 is 1.12 bits per heavy atom. The van der Waals surface area contributed by atoms with E-state index in [1.54, 1.807) is 0 Å². The number of para-hydroxylation sites is 1. The molecule has 24 heavy (non-hydrogen) atoms. The van der Waals surface area contributed by atoms with Gasteiger partial charge in [-0.15, -0.1) is 0 Å². The van der Waals surface area contributed by atoms with E-state index in [2.05, 4.69) is 10.2 Å². The molecular formula is C20H24N2O2. The molecule has 4 nitrogen and oxygen atoms in total. The smallest absolute Gasteiger partial charge is 0.225 e. The first-order chi connectivity index (χ1) is 11.7. The predicted molar refractivity (Wildman–Crippen MR) is 96.8 cm³/mol. The third-order valence-electron chi connectivity index (χ3n) is 4.42. The Hall–Kier alpha value is -2.17. The molecule has 126 valence electrons. The molecule has 2 aromatic carbocycles. The van der Waals surface area contributed by atoms with Crippen molar-refractivity contribution in [3.8, 4) is 11.1 Å². The van der Waals surface area contributed by atoms with Gasteiger partial charge < -0.3 is 15.3 Å². The molecular weight excluding hydrogens is 300 g/mol. The summed E-state index contributed by atoms with van der Waals surface area (Å²) in [6.07, 6.45) is 2.06. The first-order valence-electron chi connectivity index (χ1n) is 8.57. The molecule has 1 aliphatic rings. The number of hydrogen-bond acceptors (Lipinski definition) is 3. The van der Waals surface area contributed by atoms with Crippen molar-refractivity contribution >= 4 is 11.6 Å². The Labute approximate surface area is 143 Å². The van der Waals surface area contributed by atoms with Crippen LogP contribution in [0, 0.1) is 0 Å². The number of carbonyl (C=O) groups excluding carboxylic acids is 1. The molecule has 1 saturated heterocycles. The number of β-amino-alcohol motifs (C(OH)–C–C–N with tert-alkyl or cyclic N) is 1. The second-order valence-electron chi connectivity index (χ2n) is 6.31. The lowest BCUT2D eigenvalue weighted by atomic mass is 10.0. The lowest BCUT2D eigenvalue weighted by molar-refractivity contribution is -0.116. The zero-order chi connectivity index (χ0) is 16.8. The first-order valence-corrected chi connectivity index (χ1v) is 8.57. The summed E-state index contributed by atoms with van der Waals surface area (Å²) in [6.45, 7) is 2.33. The third kappa shape index (κ3) is 4.43. The molecule has 2 N–H and O–H groups in total. The Morgan fingerprint density at radius 2 is 1.88 bits per heavy atom. The summed E-state index contributed by atoms with van der Waals surface area (Å²) in [5, 5.41) is 12.7. The van der Waals surface area contributed by atoms with Crippen LogP contribution in [0.2, 0.25) is 0 Å². The van der Waals surface area contributed by atoms with Gasteiger partial charge in [-0.1, -0.05) is 48.5 Å². The van der Waals surface area contributed by atoms with Crippen LogP contribution in [0.25, 0.3) is 11.1 Å². The van der Waals surface area contributed by atoms with Gasteiger partial charge in [0.25, 0.3) is 0 Å². The van der Waals surface area contributed by atoms with Crippen molar-refractivity contribution in [2.75, 3.05) is 25.0 Å². The largest absolute Gasteiger partial charge is 0.392 e. The fourth-order valence-corrected chi connectivity index (χ4v) is 3.17. The van der Waals surface area contributed by atoms with E-state index in [9.17, 15) is 9.90 Å². The fraction of sp³-hybridized carbons (Fsp3) is 0.350. The zero-order valence-electron chi connectivity index (χ0n) is 13.8. The van der Waals surface area contributed by atoms with Crippen molar-refractivity contribution in [1.82, 2.24) is 4.90 Å². The number of aliphatic hydroxyl groups excluding tert-OH is 1. The van der Waals surface area contributed by atoms with Gasteiger partial charge in [0.15, 0.2) is 0 Å². The number of carbonyl (C=O) groups is 1. The van der Waals surface area contributed by atoms with Gasteiger partial charge in [0.1, 0.15) is 0 Å². The van der Waals surface area contributed by atoms with Crippen molar-refractivity contribution in [2.45, 2.75) is 25.4 Å². The number of nitrogens with zero attached hydrogens (tertiary/aromatic N) is 1. The summed E-state index contributed by atoms with van der Waals surface area (Å²) < 4.78 is 0. The number of likely N-dealkylation sites (tertiary alicyclic amines) is 1.